The van der Waals surface area contributed by atoms with Crippen molar-refractivity contribution >= 4 is 0 Å². The second-order valence-corrected chi connectivity index (χ2v) is 4.12. The molecule has 0 atom stereocenters. The van der Waals surface area contributed by atoms with Gasteiger partial charge in [-0.3, -0.25) is 4.79 Å². The molecule has 100 valence electrons. The minimum Gasteiger partial charge on any atom is -0.507 e. The number of hydrogen-bond donors (Lipinski definition) is 2. The smallest absolute Gasteiger partial charge is 0.419 e. The van der Waals surface area contributed by atoms with Gasteiger partial charge in [0.15, 0.2) is 0 Å². The van der Waals surface area contributed by atoms with Crippen LogP contribution in [0.4, 0.5) is 13.2 Å². The van der Waals surface area contributed by atoms with Gasteiger partial charge in [-0.1, -0.05) is 0 Å². The highest BCUT2D eigenvalue weighted by Gasteiger charge is 2.34. The molecular formula is C13H10F3NO2. The number of benzene rings is 1. The molecule has 0 aliphatic carbocycles. The van der Waals surface area contributed by atoms with Crippen molar-refractivity contribution in [3.05, 3.63) is 51.9 Å². The Labute approximate surface area is 106 Å². The van der Waals surface area contributed by atoms with Gasteiger partial charge in [0.2, 0.25) is 5.56 Å². The molecule has 0 bridgehead atoms. The molecule has 19 heavy (non-hydrogen) atoms. The number of rotatable bonds is 1. The summed E-state index contributed by atoms with van der Waals surface area (Å²) in [5, 5.41) is 9.36. The summed E-state index contributed by atoms with van der Waals surface area (Å²) < 4.78 is 38.2. The Kier molecular flexibility index (Phi) is 3.09. The topological polar surface area (TPSA) is 53.1 Å². The Morgan fingerprint density at radius 3 is 2.42 bits per heavy atom. The van der Waals surface area contributed by atoms with Crippen molar-refractivity contribution < 1.29 is 18.3 Å². The predicted molar refractivity (Wildman–Crippen MR) is 63.9 cm³/mol. The summed E-state index contributed by atoms with van der Waals surface area (Å²) in [6, 6.07) is 4.59. The van der Waals surface area contributed by atoms with E-state index >= 15 is 0 Å². The van der Waals surface area contributed by atoms with Crippen LogP contribution in [-0.4, -0.2) is 10.1 Å². The lowest BCUT2D eigenvalue weighted by Gasteiger charge is -2.13. The second kappa shape index (κ2) is 4.46. The minimum absolute atomic E-state index is 0.307. The quantitative estimate of drug-likeness (QED) is 0.835. The number of nitrogens with one attached hydrogen (secondary N) is 1. The van der Waals surface area contributed by atoms with E-state index in [9.17, 15) is 23.1 Å². The van der Waals surface area contributed by atoms with Crippen LogP contribution >= 0.6 is 0 Å². The Morgan fingerprint density at radius 1 is 1.21 bits per heavy atom. The van der Waals surface area contributed by atoms with Gasteiger partial charge >= 0.3 is 6.18 Å². The lowest BCUT2D eigenvalue weighted by Crippen LogP contribution is -2.07. The lowest BCUT2D eigenvalue weighted by molar-refractivity contribution is -0.138. The highest BCUT2D eigenvalue weighted by molar-refractivity contribution is 5.69. The third kappa shape index (κ3) is 2.62. The van der Waals surface area contributed by atoms with Crippen molar-refractivity contribution in [3.8, 4) is 16.9 Å². The Bertz CT molecular complexity index is 654. The van der Waals surface area contributed by atoms with Crippen molar-refractivity contribution in [1.82, 2.24) is 4.98 Å². The van der Waals surface area contributed by atoms with E-state index in [2.05, 4.69) is 4.98 Å². The summed E-state index contributed by atoms with van der Waals surface area (Å²) in [6.07, 6.45) is -3.30. The molecule has 0 amide bonds. The van der Waals surface area contributed by atoms with E-state index < -0.39 is 17.5 Å². The van der Waals surface area contributed by atoms with Gasteiger partial charge in [-0.15, -0.1) is 0 Å². The maximum Gasteiger partial charge on any atom is 0.419 e. The van der Waals surface area contributed by atoms with Crippen molar-refractivity contribution in [2.45, 2.75) is 13.1 Å². The normalized spacial score (nSPS) is 11.6. The number of H-pyrrole nitrogens is 1. The average Bonchev–Trinajstić information content (AvgIpc) is 2.29. The number of aryl methyl sites for hydroxylation is 1. The average molecular weight is 269 g/mol. The molecular weight excluding hydrogens is 259 g/mol. The van der Waals surface area contributed by atoms with Crippen LogP contribution in [0.1, 0.15) is 11.1 Å². The molecule has 6 heteroatoms. The van der Waals surface area contributed by atoms with Crippen molar-refractivity contribution in [1.29, 1.82) is 0 Å². The number of phenols is 1. The highest BCUT2D eigenvalue weighted by Crippen LogP contribution is 2.39. The predicted octanol–water partition coefficient (Wildman–Crippen LogP) is 3.07. The van der Waals surface area contributed by atoms with Crippen LogP contribution in [0.5, 0.6) is 5.75 Å². The molecule has 0 aliphatic heterocycles. The SMILES string of the molecule is Cc1cc(O)c(C(F)(F)F)cc1-c1ccc(=O)[nH]c1. The van der Waals surface area contributed by atoms with E-state index in [0.29, 0.717) is 16.7 Å². The number of aromatic amines is 1. The second-order valence-electron chi connectivity index (χ2n) is 4.12. The summed E-state index contributed by atoms with van der Waals surface area (Å²) in [4.78, 5) is 13.3. The van der Waals surface area contributed by atoms with Crippen LogP contribution < -0.4 is 5.56 Å². The molecule has 0 saturated heterocycles. The number of aromatic nitrogens is 1. The van der Waals surface area contributed by atoms with Crippen LogP contribution in [0, 0.1) is 6.92 Å². The molecule has 3 nitrogen and oxygen atoms in total. The van der Waals surface area contributed by atoms with Crippen LogP contribution in [0.15, 0.2) is 35.3 Å². The fourth-order valence-electron chi connectivity index (χ4n) is 1.81. The summed E-state index contributed by atoms with van der Waals surface area (Å²) in [5.74, 6) is -0.807. The highest BCUT2D eigenvalue weighted by atomic mass is 19.4. The Morgan fingerprint density at radius 2 is 1.89 bits per heavy atom. The Balaban J connectivity index is 2.64. The van der Waals surface area contributed by atoms with Gasteiger partial charge in [0.25, 0.3) is 0 Å². The van der Waals surface area contributed by atoms with Crippen molar-refractivity contribution in [2.75, 3.05) is 0 Å². The standard InChI is InChI=1S/C13H10F3NO2/c1-7-4-11(18)10(13(14,15)16)5-9(7)8-2-3-12(19)17-6-8/h2-6,18H,1H3,(H,17,19). The third-order valence-electron chi connectivity index (χ3n) is 2.74. The maximum atomic E-state index is 12.7. The monoisotopic (exact) mass is 269 g/mol. The molecule has 2 aromatic rings. The van der Waals surface area contributed by atoms with Gasteiger partial charge in [0.05, 0.1) is 5.56 Å². The summed E-state index contributed by atoms with van der Waals surface area (Å²) in [7, 11) is 0. The van der Waals surface area contributed by atoms with E-state index in [0.717, 1.165) is 12.1 Å². The molecule has 1 aromatic carbocycles. The molecule has 0 spiro atoms. The molecule has 0 unspecified atom stereocenters. The zero-order valence-corrected chi connectivity index (χ0v) is 9.88. The molecule has 0 saturated carbocycles. The van der Waals surface area contributed by atoms with Crippen LogP contribution in [0.25, 0.3) is 11.1 Å². The first kappa shape index (κ1) is 13.2. The number of aromatic hydroxyl groups is 1. The van der Waals surface area contributed by atoms with Gasteiger partial charge in [-0.25, -0.2) is 0 Å². The maximum absolute atomic E-state index is 12.7. The van der Waals surface area contributed by atoms with Gasteiger partial charge in [0.1, 0.15) is 5.75 Å². The number of hydrogen-bond acceptors (Lipinski definition) is 2. The fourth-order valence-corrected chi connectivity index (χ4v) is 1.81. The van der Waals surface area contributed by atoms with Crippen molar-refractivity contribution in [3.63, 3.8) is 0 Å². The molecule has 1 heterocycles. The summed E-state index contributed by atoms with van der Waals surface area (Å²) >= 11 is 0. The Hall–Kier alpha value is -2.24. The molecule has 1 aromatic heterocycles. The third-order valence-corrected chi connectivity index (χ3v) is 2.74. The first-order valence-corrected chi connectivity index (χ1v) is 5.39. The van der Waals surface area contributed by atoms with Crippen LogP contribution in [-0.2, 0) is 6.18 Å². The van der Waals surface area contributed by atoms with E-state index in [1.165, 1.54) is 18.3 Å². The number of halogens is 3. The van der Waals surface area contributed by atoms with Crippen LogP contribution in [0.3, 0.4) is 0 Å². The molecule has 0 fully saturated rings. The largest absolute Gasteiger partial charge is 0.507 e. The van der Waals surface area contributed by atoms with Gasteiger partial charge in [0, 0.05) is 12.3 Å². The number of phenolic OH excluding ortho intramolecular Hbond substituents is 1. The summed E-state index contributed by atoms with van der Waals surface area (Å²) in [5.41, 5.74) is -0.197. The van der Waals surface area contributed by atoms with Gasteiger partial charge in [-0.2, -0.15) is 13.2 Å². The molecule has 2 N–H and O–H groups in total. The number of alkyl halides is 3. The zero-order chi connectivity index (χ0) is 14.2. The molecule has 2 rings (SSSR count). The first-order chi connectivity index (χ1) is 8.79. The van der Waals surface area contributed by atoms with E-state index in [1.807, 2.05) is 0 Å². The van der Waals surface area contributed by atoms with Crippen molar-refractivity contribution in [2.24, 2.45) is 0 Å². The lowest BCUT2D eigenvalue weighted by atomic mass is 9.98. The first-order valence-electron chi connectivity index (χ1n) is 5.39. The summed E-state index contributed by atoms with van der Waals surface area (Å²) in [6.45, 7) is 1.58. The van der Waals surface area contributed by atoms with E-state index in [-0.39, 0.29) is 5.56 Å². The van der Waals surface area contributed by atoms with Crippen LogP contribution in [0.2, 0.25) is 0 Å². The minimum atomic E-state index is -4.63. The molecule has 0 aliphatic rings. The zero-order valence-electron chi connectivity index (χ0n) is 9.88. The number of pyridine rings is 1. The van der Waals surface area contributed by atoms with E-state index in [1.54, 1.807) is 6.92 Å². The fraction of sp³-hybridized carbons (Fsp3) is 0.154. The van der Waals surface area contributed by atoms with E-state index in [4.69, 9.17) is 0 Å². The van der Waals surface area contributed by atoms with Gasteiger partial charge < -0.3 is 10.1 Å². The molecule has 0 radical (unpaired) electrons. The van der Waals surface area contributed by atoms with Gasteiger partial charge in [-0.05, 0) is 41.8 Å².